The van der Waals surface area contributed by atoms with Gasteiger partial charge in [-0.1, -0.05) is 48.5 Å². The lowest BCUT2D eigenvalue weighted by Crippen LogP contribution is -2.58. The normalized spacial score (nSPS) is 51.5. The standard InChI is InChI=1S/C35H58O5/c1-20(2)16-27(37)40-29(31(6,7)38)22-17-21(3)28-23(39-22)18-33(9)25-11-10-24-30(4,5)26(36)12-13-34(24)19-35(25,34)15-14-32(28,33)8/h20-26,28-29,36,38H,10-19H2,1-9H3/t21-,22?,23?,24?,25?,26?,28?,29?,32?,33+,34?,35?/m1/s1. The summed E-state index contributed by atoms with van der Waals surface area (Å²) in [6.45, 7) is 19.9. The molecule has 5 aliphatic carbocycles. The molecule has 228 valence electrons. The molecular weight excluding hydrogens is 500 g/mol. The number of esters is 1. The van der Waals surface area contributed by atoms with Gasteiger partial charge in [0.15, 0.2) is 6.10 Å². The highest BCUT2D eigenvalue weighted by Crippen LogP contribution is 2.89. The first-order valence-electron chi connectivity index (χ1n) is 16.7. The molecule has 1 aliphatic heterocycles. The quantitative estimate of drug-likeness (QED) is 0.358. The zero-order valence-electron chi connectivity index (χ0n) is 26.9. The Morgan fingerprint density at radius 1 is 1.00 bits per heavy atom. The van der Waals surface area contributed by atoms with E-state index in [0.717, 1.165) is 25.2 Å². The summed E-state index contributed by atoms with van der Waals surface area (Å²) in [4.78, 5) is 12.7. The van der Waals surface area contributed by atoms with E-state index in [2.05, 4.69) is 34.6 Å². The molecule has 1 saturated heterocycles. The molecule has 5 heteroatoms. The van der Waals surface area contributed by atoms with Crippen molar-refractivity contribution in [2.45, 2.75) is 157 Å². The molecule has 40 heavy (non-hydrogen) atoms. The zero-order chi connectivity index (χ0) is 29.3. The summed E-state index contributed by atoms with van der Waals surface area (Å²) in [6, 6.07) is 0. The van der Waals surface area contributed by atoms with Gasteiger partial charge in [-0.3, -0.25) is 4.79 Å². The Morgan fingerprint density at radius 3 is 2.30 bits per heavy atom. The van der Waals surface area contributed by atoms with E-state index in [-0.39, 0.29) is 46.4 Å². The molecule has 6 fully saturated rings. The van der Waals surface area contributed by atoms with Gasteiger partial charge in [0.1, 0.15) is 0 Å². The summed E-state index contributed by atoms with van der Waals surface area (Å²) in [6.07, 6.45) is 9.99. The van der Waals surface area contributed by atoms with Crippen molar-refractivity contribution in [3.8, 4) is 0 Å². The van der Waals surface area contributed by atoms with Gasteiger partial charge in [0.2, 0.25) is 0 Å². The molecule has 0 aromatic carbocycles. The number of hydrogen-bond donors (Lipinski definition) is 2. The van der Waals surface area contributed by atoms with E-state index >= 15 is 0 Å². The minimum atomic E-state index is -1.16. The van der Waals surface area contributed by atoms with Gasteiger partial charge in [-0.25, -0.2) is 0 Å². The monoisotopic (exact) mass is 558 g/mol. The third-order valence-corrected chi connectivity index (χ3v) is 14.6. The lowest BCUT2D eigenvalue weighted by Gasteiger charge is -2.63. The third-order valence-electron chi connectivity index (χ3n) is 14.6. The van der Waals surface area contributed by atoms with Crippen LogP contribution in [0.1, 0.15) is 127 Å². The number of carbonyl (C=O) groups is 1. The number of rotatable bonds is 5. The lowest BCUT2D eigenvalue weighted by atomic mass is 9.41. The molecule has 0 bridgehead atoms. The van der Waals surface area contributed by atoms with Crippen molar-refractivity contribution in [1.29, 1.82) is 0 Å². The number of aliphatic hydroxyl groups excluding tert-OH is 1. The first kappa shape index (κ1) is 29.4. The molecule has 0 aromatic rings. The fraction of sp³-hybridized carbons (Fsp3) is 0.971. The van der Waals surface area contributed by atoms with E-state index in [0.29, 0.717) is 35.0 Å². The molecule has 0 radical (unpaired) electrons. The molecular formula is C35H58O5. The van der Waals surface area contributed by atoms with Gasteiger partial charge < -0.3 is 19.7 Å². The highest BCUT2D eigenvalue weighted by atomic mass is 16.6. The fourth-order valence-electron chi connectivity index (χ4n) is 12.7. The number of ether oxygens (including phenoxy) is 2. The van der Waals surface area contributed by atoms with Crippen LogP contribution in [0.15, 0.2) is 0 Å². The minimum Gasteiger partial charge on any atom is -0.457 e. The number of carbonyl (C=O) groups excluding carboxylic acids is 1. The average molecular weight is 559 g/mol. The molecule has 6 rings (SSSR count). The Kier molecular flexibility index (Phi) is 6.58. The van der Waals surface area contributed by atoms with Crippen LogP contribution in [0.3, 0.4) is 0 Å². The van der Waals surface area contributed by atoms with Crippen LogP contribution in [0, 0.1) is 56.7 Å². The highest BCUT2D eigenvalue weighted by molar-refractivity contribution is 5.70. The Hall–Kier alpha value is -0.650. The topological polar surface area (TPSA) is 76.0 Å². The van der Waals surface area contributed by atoms with Crippen LogP contribution in [0.5, 0.6) is 0 Å². The molecule has 0 aromatic heterocycles. The van der Waals surface area contributed by atoms with E-state index in [1.807, 2.05) is 13.8 Å². The Morgan fingerprint density at radius 2 is 1.65 bits per heavy atom. The third kappa shape index (κ3) is 3.77. The minimum absolute atomic E-state index is 0.0159. The predicted octanol–water partition coefficient (Wildman–Crippen LogP) is 6.92. The Balaban J connectivity index is 1.27. The zero-order valence-corrected chi connectivity index (χ0v) is 26.9. The second-order valence-electron chi connectivity index (χ2n) is 17.7. The van der Waals surface area contributed by atoms with Crippen LogP contribution in [-0.2, 0) is 14.3 Å². The van der Waals surface area contributed by atoms with Crippen LogP contribution in [0.25, 0.3) is 0 Å². The molecule has 0 amide bonds. The first-order chi connectivity index (χ1) is 18.4. The number of aliphatic hydroxyl groups is 2. The van der Waals surface area contributed by atoms with Crippen molar-refractivity contribution in [3.63, 3.8) is 0 Å². The highest BCUT2D eigenvalue weighted by Gasteiger charge is 2.83. The van der Waals surface area contributed by atoms with E-state index in [1.54, 1.807) is 13.8 Å². The van der Waals surface area contributed by atoms with Crippen molar-refractivity contribution in [1.82, 2.24) is 0 Å². The van der Waals surface area contributed by atoms with Crippen molar-refractivity contribution in [3.05, 3.63) is 0 Å². The molecule has 6 aliphatic rings. The number of fused-ring (bicyclic) bond motifs is 4. The molecule has 10 unspecified atom stereocenters. The maximum Gasteiger partial charge on any atom is 0.306 e. The molecule has 5 nitrogen and oxygen atoms in total. The van der Waals surface area contributed by atoms with Crippen LogP contribution < -0.4 is 0 Å². The summed E-state index contributed by atoms with van der Waals surface area (Å²) in [7, 11) is 0. The summed E-state index contributed by atoms with van der Waals surface area (Å²) < 4.78 is 13.0. The van der Waals surface area contributed by atoms with Gasteiger partial charge in [0.25, 0.3) is 0 Å². The smallest absolute Gasteiger partial charge is 0.306 e. The maximum absolute atomic E-state index is 12.7. The fourth-order valence-corrected chi connectivity index (χ4v) is 12.7. The van der Waals surface area contributed by atoms with E-state index in [1.165, 1.54) is 38.5 Å². The van der Waals surface area contributed by atoms with Crippen LogP contribution in [0.4, 0.5) is 0 Å². The molecule has 5 saturated carbocycles. The molecule has 2 spiro atoms. The largest absolute Gasteiger partial charge is 0.457 e. The van der Waals surface area contributed by atoms with Crippen molar-refractivity contribution in [2.24, 2.45) is 56.7 Å². The molecule has 2 N–H and O–H groups in total. The summed E-state index contributed by atoms with van der Waals surface area (Å²) in [5.41, 5.74) is 0.183. The second kappa shape index (κ2) is 8.94. The Bertz CT molecular complexity index is 1030. The van der Waals surface area contributed by atoms with Crippen LogP contribution in [-0.4, -0.2) is 46.2 Å². The SMILES string of the molecule is CC(C)CC(=O)OC(C1C[C@@H](C)C2C(C[C@@]3(C)C4CCC5C(C)(C)C(O)CCC56CC46CCC23C)O1)C(C)(C)O. The van der Waals surface area contributed by atoms with Gasteiger partial charge in [-0.05, 0) is 128 Å². The molecule has 12 atom stereocenters. The number of hydrogen-bond acceptors (Lipinski definition) is 5. The van der Waals surface area contributed by atoms with Crippen LogP contribution >= 0.6 is 0 Å². The van der Waals surface area contributed by atoms with Gasteiger partial charge in [-0.2, -0.15) is 0 Å². The van der Waals surface area contributed by atoms with Crippen molar-refractivity contribution in [2.75, 3.05) is 0 Å². The van der Waals surface area contributed by atoms with E-state index < -0.39 is 11.7 Å². The van der Waals surface area contributed by atoms with Crippen LogP contribution in [0.2, 0.25) is 0 Å². The van der Waals surface area contributed by atoms with Gasteiger partial charge in [-0.15, -0.1) is 0 Å². The summed E-state index contributed by atoms with van der Waals surface area (Å²) >= 11 is 0. The first-order valence-corrected chi connectivity index (χ1v) is 16.7. The predicted molar refractivity (Wildman–Crippen MR) is 156 cm³/mol. The van der Waals surface area contributed by atoms with E-state index in [9.17, 15) is 15.0 Å². The maximum atomic E-state index is 12.7. The summed E-state index contributed by atoms with van der Waals surface area (Å²) in [5.74, 6) is 2.29. The van der Waals surface area contributed by atoms with Gasteiger partial charge in [0, 0.05) is 6.42 Å². The van der Waals surface area contributed by atoms with Crippen molar-refractivity contribution < 1.29 is 24.5 Å². The van der Waals surface area contributed by atoms with Gasteiger partial charge in [0.05, 0.1) is 23.9 Å². The second-order valence-corrected chi connectivity index (χ2v) is 17.7. The van der Waals surface area contributed by atoms with E-state index in [4.69, 9.17) is 9.47 Å². The average Bonchev–Trinajstić information content (AvgIpc) is 3.42. The summed E-state index contributed by atoms with van der Waals surface area (Å²) in [5, 5.41) is 22.1. The lowest BCUT2D eigenvalue weighted by molar-refractivity contribution is -0.211. The van der Waals surface area contributed by atoms with Gasteiger partial charge >= 0.3 is 5.97 Å². The van der Waals surface area contributed by atoms with Crippen molar-refractivity contribution >= 4 is 5.97 Å². The molecule has 1 heterocycles. The Labute approximate surface area is 243 Å².